The number of carbonyl (C=O) groups excluding carboxylic acids is 1. The van der Waals surface area contributed by atoms with Gasteiger partial charge in [0.25, 0.3) is 0 Å². The molecular formula is C19H19F3N2O3S. The van der Waals surface area contributed by atoms with E-state index < -0.39 is 23.1 Å². The van der Waals surface area contributed by atoms with Crippen molar-refractivity contribution < 1.29 is 27.4 Å². The molecule has 0 spiro atoms. The number of amides is 2. The highest BCUT2D eigenvalue weighted by molar-refractivity contribution is 7.99. The predicted octanol–water partition coefficient (Wildman–Crippen LogP) is 5.00. The van der Waals surface area contributed by atoms with E-state index in [1.165, 1.54) is 36.9 Å². The van der Waals surface area contributed by atoms with Crippen LogP contribution in [0.1, 0.15) is 16.5 Å². The third-order valence-electron chi connectivity index (χ3n) is 4.30. The third-order valence-corrected chi connectivity index (χ3v) is 5.56. The van der Waals surface area contributed by atoms with Gasteiger partial charge < -0.3 is 19.7 Å². The van der Waals surface area contributed by atoms with Crippen LogP contribution in [0.3, 0.4) is 0 Å². The van der Waals surface area contributed by atoms with Gasteiger partial charge in [0.2, 0.25) is 0 Å². The Kier molecular flexibility index (Phi) is 5.93. The van der Waals surface area contributed by atoms with Gasteiger partial charge in [0.05, 0.1) is 25.5 Å². The summed E-state index contributed by atoms with van der Waals surface area (Å²) in [7, 11) is 3.00. The van der Waals surface area contributed by atoms with Gasteiger partial charge in [0.1, 0.15) is 16.9 Å². The first-order valence-corrected chi connectivity index (χ1v) is 9.47. The third kappa shape index (κ3) is 4.30. The lowest BCUT2D eigenvalue weighted by atomic mass is 10.1. The predicted molar refractivity (Wildman–Crippen MR) is 102 cm³/mol. The molecule has 2 amide bonds. The summed E-state index contributed by atoms with van der Waals surface area (Å²) in [5.41, 5.74) is 0.164. The van der Waals surface area contributed by atoms with Crippen LogP contribution < -0.4 is 14.8 Å². The summed E-state index contributed by atoms with van der Waals surface area (Å²) in [6.45, 7) is 0.426. The molecule has 2 aromatic carbocycles. The Morgan fingerprint density at radius 3 is 2.64 bits per heavy atom. The largest absolute Gasteiger partial charge is 0.497 e. The van der Waals surface area contributed by atoms with Crippen LogP contribution in [0.4, 0.5) is 23.7 Å². The van der Waals surface area contributed by atoms with Gasteiger partial charge in [-0.05, 0) is 29.8 Å². The number of hydrogen-bond donors (Lipinski definition) is 1. The normalized spacial score (nSPS) is 16.8. The molecule has 28 heavy (non-hydrogen) atoms. The molecule has 9 heteroatoms. The Bertz CT molecular complexity index is 861. The molecule has 2 aromatic rings. The molecule has 0 radical (unpaired) electrons. The van der Waals surface area contributed by atoms with E-state index in [2.05, 4.69) is 5.32 Å². The van der Waals surface area contributed by atoms with Crippen molar-refractivity contribution in [3.63, 3.8) is 0 Å². The number of halogens is 3. The average Bonchev–Trinajstić information content (AvgIpc) is 3.17. The second-order valence-corrected chi connectivity index (χ2v) is 7.22. The molecule has 0 aliphatic carbocycles. The minimum atomic E-state index is -4.43. The number of benzene rings is 2. The number of ether oxygens (including phenoxy) is 2. The molecule has 1 saturated heterocycles. The van der Waals surface area contributed by atoms with E-state index in [-0.39, 0.29) is 0 Å². The Morgan fingerprint density at radius 2 is 1.96 bits per heavy atom. The maximum Gasteiger partial charge on any atom is 0.416 e. The van der Waals surface area contributed by atoms with Gasteiger partial charge in [-0.3, -0.25) is 0 Å². The number of alkyl halides is 3. The van der Waals surface area contributed by atoms with E-state index in [9.17, 15) is 18.0 Å². The zero-order chi connectivity index (χ0) is 20.3. The van der Waals surface area contributed by atoms with Gasteiger partial charge in [0, 0.05) is 18.4 Å². The Labute approximate surface area is 164 Å². The molecule has 0 unspecified atom stereocenters. The number of anilines is 1. The van der Waals surface area contributed by atoms with Crippen LogP contribution in [0.25, 0.3) is 0 Å². The summed E-state index contributed by atoms with van der Waals surface area (Å²) >= 11 is 1.42. The molecule has 0 aromatic heterocycles. The summed E-state index contributed by atoms with van der Waals surface area (Å²) < 4.78 is 49.5. The lowest BCUT2D eigenvalue weighted by Crippen LogP contribution is -2.34. The van der Waals surface area contributed by atoms with Gasteiger partial charge >= 0.3 is 12.2 Å². The second-order valence-electron chi connectivity index (χ2n) is 6.04. The van der Waals surface area contributed by atoms with E-state index in [1.54, 1.807) is 24.3 Å². The number of rotatable bonds is 4. The zero-order valence-electron chi connectivity index (χ0n) is 15.2. The van der Waals surface area contributed by atoms with Gasteiger partial charge in [-0.15, -0.1) is 11.8 Å². The van der Waals surface area contributed by atoms with E-state index in [0.717, 1.165) is 12.1 Å². The molecule has 1 fully saturated rings. The fourth-order valence-corrected chi connectivity index (χ4v) is 4.16. The number of hydrogen-bond acceptors (Lipinski definition) is 4. The van der Waals surface area contributed by atoms with E-state index in [0.29, 0.717) is 35.0 Å². The van der Waals surface area contributed by atoms with E-state index in [4.69, 9.17) is 9.47 Å². The average molecular weight is 412 g/mol. The monoisotopic (exact) mass is 412 g/mol. The molecule has 5 nitrogen and oxygen atoms in total. The molecule has 1 N–H and O–H groups in total. The van der Waals surface area contributed by atoms with Gasteiger partial charge in [-0.1, -0.05) is 12.1 Å². The van der Waals surface area contributed by atoms with Crippen molar-refractivity contribution >= 4 is 23.5 Å². The standard InChI is InChI=1S/C19H19F3N2O3S/c1-26-14-6-7-15(16(11-14)27-2)23-18(25)24-8-9-28-17(24)12-4-3-5-13(10-12)19(20,21)22/h3-7,10-11,17H,8-9H2,1-2H3,(H,23,25)/t17-/m1/s1. The Morgan fingerprint density at radius 1 is 1.18 bits per heavy atom. The van der Waals surface area contributed by atoms with Crippen LogP contribution >= 0.6 is 11.8 Å². The first kappa shape index (κ1) is 20.2. The van der Waals surface area contributed by atoms with Crippen LogP contribution in [0.15, 0.2) is 42.5 Å². The maximum atomic E-state index is 13.0. The van der Waals surface area contributed by atoms with Gasteiger partial charge in [0.15, 0.2) is 0 Å². The lowest BCUT2D eigenvalue weighted by Gasteiger charge is -2.25. The summed E-state index contributed by atoms with van der Waals surface area (Å²) in [6.07, 6.45) is -4.43. The molecule has 150 valence electrons. The van der Waals surface area contributed by atoms with Crippen LogP contribution in [0.5, 0.6) is 11.5 Å². The number of nitrogens with zero attached hydrogens (tertiary/aromatic N) is 1. The molecule has 3 rings (SSSR count). The molecule has 1 heterocycles. The van der Waals surface area contributed by atoms with Crippen molar-refractivity contribution in [1.29, 1.82) is 0 Å². The highest BCUT2D eigenvalue weighted by Crippen LogP contribution is 2.40. The summed E-state index contributed by atoms with van der Waals surface area (Å²) in [5, 5.41) is 2.28. The van der Waals surface area contributed by atoms with Crippen molar-refractivity contribution in [2.75, 3.05) is 31.8 Å². The maximum absolute atomic E-state index is 13.0. The fourth-order valence-electron chi connectivity index (χ4n) is 2.91. The number of methoxy groups -OCH3 is 2. The molecule has 1 aliphatic rings. The topological polar surface area (TPSA) is 50.8 Å². The smallest absolute Gasteiger partial charge is 0.416 e. The molecule has 1 aliphatic heterocycles. The highest BCUT2D eigenvalue weighted by atomic mass is 32.2. The second kappa shape index (κ2) is 8.22. The van der Waals surface area contributed by atoms with E-state index in [1.807, 2.05) is 0 Å². The summed E-state index contributed by atoms with van der Waals surface area (Å²) in [5.74, 6) is 1.64. The fraction of sp³-hybridized carbons (Fsp3) is 0.316. The minimum Gasteiger partial charge on any atom is -0.497 e. The van der Waals surface area contributed by atoms with Crippen LogP contribution in [-0.4, -0.2) is 37.4 Å². The molecule has 1 atom stereocenters. The first-order chi connectivity index (χ1) is 13.3. The number of urea groups is 1. The van der Waals surface area contributed by atoms with Crippen molar-refractivity contribution in [2.24, 2.45) is 0 Å². The lowest BCUT2D eigenvalue weighted by molar-refractivity contribution is -0.137. The Hall–Kier alpha value is -2.55. The summed E-state index contributed by atoms with van der Waals surface area (Å²) in [6, 6.07) is 9.65. The quantitative estimate of drug-likeness (QED) is 0.768. The number of carbonyl (C=O) groups is 1. The zero-order valence-corrected chi connectivity index (χ0v) is 16.1. The summed E-state index contributed by atoms with van der Waals surface area (Å²) in [4.78, 5) is 14.3. The van der Waals surface area contributed by atoms with Gasteiger partial charge in [-0.25, -0.2) is 4.79 Å². The van der Waals surface area contributed by atoms with Crippen molar-refractivity contribution in [3.05, 3.63) is 53.6 Å². The van der Waals surface area contributed by atoms with Gasteiger partial charge in [-0.2, -0.15) is 13.2 Å². The highest BCUT2D eigenvalue weighted by Gasteiger charge is 2.34. The van der Waals surface area contributed by atoms with Crippen LogP contribution in [0, 0.1) is 0 Å². The molecule has 0 saturated carbocycles. The van der Waals surface area contributed by atoms with Crippen LogP contribution in [0.2, 0.25) is 0 Å². The van der Waals surface area contributed by atoms with Crippen molar-refractivity contribution in [3.8, 4) is 11.5 Å². The van der Waals surface area contributed by atoms with Crippen molar-refractivity contribution in [2.45, 2.75) is 11.6 Å². The Balaban J connectivity index is 1.81. The van der Waals surface area contributed by atoms with E-state index >= 15 is 0 Å². The van der Waals surface area contributed by atoms with Crippen molar-refractivity contribution in [1.82, 2.24) is 4.90 Å². The first-order valence-electron chi connectivity index (χ1n) is 8.42. The van der Waals surface area contributed by atoms with Crippen LogP contribution in [-0.2, 0) is 6.18 Å². The minimum absolute atomic E-state index is 0.407. The SMILES string of the molecule is COc1ccc(NC(=O)N2CCS[C@@H]2c2cccc(C(F)(F)F)c2)c(OC)c1. The molecular weight excluding hydrogens is 393 g/mol. The molecule has 0 bridgehead atoms. The number of thioether (sulfide) groups is 1. The number of nitrogens with one attached hydrogen (secondary N) is 1.